The second-order valence-electron chi connectivity index (χ2n) is 5.95. The molecule has 2 rings (SSSR count). The molecule has 2 amide bonds. The van der Waals surface area contributed by atoms with E-state index in [4.69, 9.17) is 0 Å². The molecule has 0 spiro atoms. The van der Waals surface area contributed by atoms with Gasteiger partial charge in [0.25, 0.3) is 0 Å². The minimum Gasteiger partial charge on any atom is -0.357 e. The van der Waals surface area contributed by atoms with Gasteiger partial charge < -0.3 is 21.3 Å². The first-order valence-electron chi connectivity index (χ1n) is 8.79. The summed E-state index contributed by atoms with van der Waals surface area (Å²) in [6, 6.07) is 9.75. The number of aliphatic imine (C=N–C) groups is 1. The SMILES string of the molecule is CCNC(=NCC(=O)NCc1ccccc1)NCCNC(=O)C1CC1.I. The molecule has 1 fully saturated rings. The quantitative estimate of drug-likeness (QED) is 0.186. The second-order valence-corrected chi connectivity index (χ2v) is 5.95. The lowest BCUT2D eigenvalue weighted by molar-refractivity contribution is -0.122. The number of hydrogen-bond donors (Lipinski definition) is 4. The smallest absolute Gasteiger partial charge is 0.242 e. The van der Waals surface area contributed by atoms with Gasteiger partial charge in [-0.1, -0.05) is 30.3 Å². The average molecular weight is 473 g/mol. The fraction of sp³-hybridized carbons (Fsp3) is 0.500. The zero-order valence-corrected chi connectivity index (χ0v) is 17.4. The number of carbonyl (C=O) groups is 2. The molecule has 4 N–H and O–H groups in total. The Morgan fingerprint density at radius 2 is 1.73 bits per heavy atom. The van der Waals surface area contributed by atoms with E-state index in [0.717, 1.165) is 18.4 Å². The van der Waals surface area contributed by atoms with Crippen LogP contribution in [0.4, 0.5) is 0 Å². The van der Waals surface area contributed by atoms with Crippen molar-refractivity contribution in [2.45, 2.75) is 26.3 Å². The zero-order valence-electron chi connectivity index (χ0n) is 15.1. The molecule has 0 bridgehead atoms. The third kappa shape index (κ3) is 9.02. The van der Waals surface area contributed by atoms with Crippen molar-refractivity contribution in [3.05, 3.63) is 35.9 Å². The molecule has 1 aromatic carbocycles. The van der Waals surface area contributed by atoms with Crippen molar-refractivity contribution in [2.24, 2.45) is 10.9 Å². The van der Waals surface area contributed by atoms with Gasteiger partial charge in [0.05, 0.1) is 0 Å². The lowest BCUT2D eigenvalue weighted by Crippen LogP contribution is -2.42. The van der Waals surface area contributed by atoms with Gasteiger partial charge in [-0.15, -0.1) is 24.0 Å². The number of rotatable bonds is 9. The van der Waals surface area contributed by atoms with Gasteiger partial charge in [0.2, 0.25) is 11.8 Å². The summed E-state index contributed by atoms with van der Waals surface area (Å²) < 4.78 is 0. The van der Waals surface area contributed by atoms with Gasteiger partial charge in [-0.2, -0.15) is 0 Å². The van der Waals surface area contributed by atoms with Crippen LogP contribution in [0.1, 0.15) is 25.3 Å². The van der Waals surface area contributed by atoms with Crippen molar-refractivity contribution in [3.8, 4) is 0 Å². The molecule has 0 heterocycles. The monoisotopic (exact) mass is 473 g/mol. The average Bonchev–Trinajstić information content (AvgIpc) is 3.47. The summed E-state index contributed by atoms with van der Waals surface area (Å²) in [4.78, 5) is 27.7. The van der Waals surface area contributed by atoms with Gasteiger partial charge in [-0.05, 0) is 25.3 Å². The molecular formula is C18H28IN5O2. The van der Waals surface area contributed by atoms with E-state index in [-0.39, 0.29) is 48.3 Å². The number of benzene rings is 1. The van der Waals surface area contributed by atoms with E-state index in [9.17, 15) is 9.59 Å². The van der Waals surface area contributed by atoms with Gasteiger partial charge >= 0.3 is 0 Å². The maximum Gasteiger partial charge on any atom is 0.242 e. The van der Waals surface area contributed by atoms with Crippen molar-refractivity contribution in [1.29, 1.82) is 0 Å². The third-order valence-electron chi connectivity index (χ3n) is 3.72. The van der Waals surface area contributed by atoms with Crippen LogP contribution in [0.15, 0.2) is 35.3 Å². The first-order valence-corrected chi connectivity index (χ1v) is 8.79. The van der Waals surface area contributed by atoms with E-state index in [0.29, 0.717) is 32.1 Å². The van der Waals surface area contributed by atoms with E-state index in [1.54, 1.807) is 0 Å². The Bertz CT molecular complexity index is 591. The van der Waals surface area contributed by atoms with E-state index >= 15 is 0 Å². The third-order valence-corrected chi connectivity index (χ3v) is 3.72. The van der Waals surface area contributed by atoms with Crippen molar-refractivity contribution in [3.63, 3.8) is 0 Å². The van der Waals surface area contributed by atoms with Crippen LogP contribution >= 0.6 is 24.0 Å². The van der Waals surface area contributed by atoms with Crippen molar-refractivity contribution in [2.75, 3.05) is 26.2 Å². The molecule has 0 radical (unpaired) electrons. The van der Waals surface area contributed by atoms with Crippen LogP contribution < -0.4 is 21.3 Å². The highest BCUT2D eigenvalue weighted by atomic mass is 127. The van der Waals surface area contributed by atoms with Crippen LogP contribution in [0.5, 0.6) is 0 Å². The molecule has 7 nitrogen and oxygen atoms in total. The van der Waals surface area contributed by atoms with E-state index in [1.807, 2.05) is 37.3 Å². The summed E-state index contributed by atoms with van der Waals surface area (Å²) in [5, 5.41) is 11.9. The number of nitrogens with zero attached hydrogens (tertiary/aromatic N) is 1. The summed E-state index contributed by atoms with van der Waals surface area (Å²) in [7, 11) is 0. The number of nitrogens with one attached hydrogen (secondary N) is 4. The predicted molar refractivity (Wildman–Crippen MR) is 113 cm³/mol. The van der Waals surface area contributed by atoms with Gasteiger partial charge in [-0.25, -0.2) is 4.99 Å². The number of halogens is 1. The van der Waals surface area contributed by atoms with Gasteiger partial charge in [0.15, 0.2) is 5.96 Å². The molecular weight excluding hydrogens is 445 g/mol. The fourth-order valence-corrected chi connectivity index (χ4v) is 2.20. The summed E-state index contributed by atoms with van der Waals surface area (Å²) >= 11 is 0. The standard InChI is InChI=1S/C18H27N5O2.HI/c1-2-19-18(21-11-10-20-17(25)15-8-9-15)23-13-16(24)22-12-14-6-4-3-5-7-14;/h3-7,15H,2,8-13H2,1H3,(H,20,25)(H,22,24)(H2,19,21,23);1H. The Morgan fingerprint density at radius 1 is 1.04 bits per heavy atom. The van der Waals surface area contributed by atoms with Crippen LogP contribution in [-0.4, -0.2) is 44.0 Å². The molecule has 1 aliphatic carbocycles. The molecule has 1 saturated carbocycles. The zero-order chi connectivity index (χ0) is 17.9. The first kappa shape index (κ1) is 22.2. The number of amides is 2. The molecule has 0 unspecified atom stereocenters. The highest BCUT2D eigenvalue weighted by Gasteiger charge is 2.28. The summed E-state index contributed by atoms with van der Waals surface area (Å²) in [6.45, 7) is 4.31. The van der Waals surface area contributed by atoms with Gasteiger partial charge in [0.1, 0.15) is 6.54 Å². The maximum absolute atomic E-state index is 11.9. The van der Waals surface area contributed by atoms with Crippen LogP contribution in [0.2, 0.25) is 0 Å². The maximum atomic E-state index is 11.9. The Kier molecular flexibility index (Phi) is 10.7. The molecule has 8 heteroatoms. The molecule has 1 aliphatic rings. The highest BCUT2D eigenvalue weighted by Crippen LogP contribution is 2.28. The number of guanidine groups is 1. The first-order chi connectivity index (χ1) is 12.2. The molecule has 144 valence electrons. The fourth-order valence-electron chi connectivity index (χ4n) is 2.20. The van der Waals surface area contributed by atoms with Crippen LogP contribution in [0, 0.1) is 5.92 Å². The molecule has 26 heavy (non-hydrogen) atoms. The summed E-state index contributed by atoms with van der Waals surface area (Å²) in [6.07, 6.45) is 2.00. The van der Waals surface area contributed by atoms with E-state index in [2.05, 4.69) is 26.3 Å². The molecule has 0 aromatic heterocycles. The largest absolute Gasteiger partial charge is 0.357 e. The Balaban J connectivity index is 0.00000338. The van der Waals surface area contributed by atoms with Crippen molar-refractivity contribution >= 4 is 41.8 Å². The van der Waals surface area contributed by atoms with Crippen LogP contribution in [0.3, 0.4) is 0 Å². The van der Waals surface area contributed by atoms with Crippen LogP contribution in [-0.2, 0) is 16.1 Å². The lowest BCUT2D eigenvalue weighted by atomic mass is 10.2. The Hall–Kier alpha value is -1.84. The second kappa shape index (κ2) is 12.5. The Labute approximate surface area is 171 Å². The summed E-state index contributed by atoms with van der Waals surface area (Å²) in [5.41, 5.74) is 1.05. The van der Waals surface area contributed by atoms with E-state index < -0.39 is 0 Å². The minimum absolute atomic E-state index is 0. The van der Waals surface area contributed by atoms with Crippen LogP contribution in [0.25, 0.3) is 0 Å². The molecule has 0 aliphatic heterocycles. The van der Waals surface area contributed by atoms with Gasteiger partial charge in [-0.3, -0.25) is 9.59 Å². The van der Waals surface area contributed by atoms with Crippen molar-refractivity contribution < 1.29 is 9.59 Å². The molecule has 0 saturated heterocycles. The minimum atomic E-state index is -0.136. The van der Waals surface area contributed by atoms with E-state index in [1.165, 1.54) is 0 Å². The normalized spacial score (nSPS) is 13.3. The highest BCUT2D eigenvalue weighted by molar-refractivity contribution is 14.0. The topological polar surface area (TPSA) is 94.6 Å². The predicted octanol–water partition coefficient (Wildman–Crippen LogP) is 1.00. The Morgan fingerprint density at radius 3 is 2.38 bits per heavy atom. The molecule has 0 atom stereocenters. The number of hydrogen-bond acceptors (Lipinski definition) is 3. The lowest BCUT2D eigenvalue weighted by Gasteiger charge is -2.12. The van der Waals surface area contributed by atoms with Crippen molar-refractivity contribution in [1.82, 2.24) is 21.3 Å². The number of carbonyl (C=O) groups excluding carboxylic acids is 2. The molecule has 1 aromatic rings. The summed E-state index contributed by atoms with van der Waals surface area (Å²) in [5.74, 6) is 0.778. The van der Waals surface area contributed by atoms with Gasteiger partial charge in [0, 0.05) is 32.1 Å².